The van der Waals surface area contributed by atoms with Gasteiger partial charge in [-0.2, -0.15) is 0 Å². The van der Waals surface area contributed by atoms with E-state index in [2.05, 4.69) is 21.2 Å². The van der Waals surface area contributed by atoms with Gasteiger partial charge < -0.3 is 16.2 Å². The molecular weight excluding hydrogens is 320 g/mol. The minimum atomic E-state index is -0.289. The van der Waals surface area contributed by atoms with Gasteiger partial charge in [0.15, 0.2) is 0 Å². The third-order valence-corrected chi connectivity index (χ3v) is 3.81. The van der Waals surface area contributed by atoms with Crippen molar-refractivity contribution in [2.24, 2.45) is 0 Å². The smallest absolute Gasteiger partial charge is 0.256 e. The molecule has 0 atom stereocenters. The summed E-state index contributed by atoms with van der Waals surface area (Å²) in [4.78, 5) is 12.3. The molecule has 5 heteroatoms. The molecular formula is C15H15BrN2O2. The van der Waals surface area contributed by atoms with E-state index in [9.17, 15) is 9.90 Å². The summed E-state index contributed by atoms with van der Waals surface area (Å²) in [5.74, 6) is -0.192. The molecule has 0 fully saturated rings. The Morgan fingerprint density at radius 3 is 2.70 bits per heavy atom. The number of rotatable bonds is 2. The van der Waals surface area contributed by atoms with Crippen molar-refractivity contribution >= 4 is 33.2 Å². The van der Waals surface area contributed by atoms with Crippen LogP contribution in [0.3, 0.4) is 0 Å². The van der Waals surface area contributed by atoms with Crippen molar-refractivity contribution in [3.8, 4) is 5.75 Å². The van der Waals surface area contributed by atoms with Gasteiger partial charge in [-0.05, 0) is 59.6 Å². The molecule has 0 radical (unpaired) electrons. The van der Waals surface area contributed by atoms with Crippen molar-refractivity contribution in [2.45, 2.75) is 13.8 Å². The van der Waals surface area contributed by atoms with Crippen LogP contribution in [0.4, 0.5) is 11.4 Å². The van der Waals surface area contributed by atoms with Crippen LogP contribution in [0.2, 0.25) is 0 Å². The Balaban J connectivity index is 2.33. The minimum absolute atomic E-state index is 0.0973. The van der Waals surface area contributed by atoms with E-state index < -0.39 is 0 Å². The number of aryl methyl sites for hydroxylation is 1. The molecule has 4 N–H and O–H groups in total. The number of hydrogen-bond acceptors (Lipinski definition) is 3. The Hall–Kier alpha value is -2.01. The van der Waals surface area contributed by atoms with Crippen molar-refractivity contribution in [3.63, 3.8) is 0 Å². The van der Waals surface area contributed by atoms with E-state index in [1.54, 1.807) is 31.2 Å². The summed E-state index contributed by atoms with van der Waals surface area (Å²) in [6.07, 6.45) is 0. The van der Waals surface area contributed by atoms with Crippen LogP contribution >= 0.6 is 15.9 Å². The fourth-order valence-corrected chi connectivity index (χ4v) is 2.40. The molecule has 20 heavy (non-hydrogen) atoms. The zero-order valence-electron chi connectivity index (χ0n) is 11.2. The first-order valence-corrected chi connectivity index (χ1v) is 6.85. The quantitative estimate of drug-likeness (QED) is 0.734. The molecule has 0 unspecified atom stereocenters. The normalized spacial score (nSPS) is 10.3. The van der Waals surface area contributed by atoms with Crippen LogP contribution in [0, 0.1) is 13.8 Å². The lowest BCUT2D eigenvalue weighted by molar-refractivity contribution is 0.102. The molecule has 2 aromatic rings. The van der Waals surface area contributed by atoms with Crippen LogP contribution in [0.1, 0.15) is 21.5 Å². The topological polar surface area (TPSA) is 75.3 Å². The number of carbonyl (C=O) groups excluding carboxylic acids is 1. The van der Waals surface area contributed by atoms with E-state index in [0.29, 0.717) is 22.5 Å². The number of hydrogen-bond donors (Lipinski definition) is 3. The lowest BCUT2D eigenvalue weighted by atomic mass is 10.1. The summed E-state index contributed by atoms with van der Waals surface area (Å²) in [6.45, 7) is 3.59. The second kappa shape index (κ2) is 5.54. The number of amides is 1. The van der Waals surface area contributed by atoms with Gasteiger partial charge in [0.2, 0.25) is 0 Å². The van der Waals surface area contributed by atoms with Gasteiger partial charge in [-0.25, -0.2) is 0 Å². The van der Waals surface area contributed by atoms with Crippen LogP contribution < -0.4 is 11.1 Å². The number of phenolic OH excluding ortho intramolecular Hbond substituents is 1. The average Bonchev–Trinajstić information content (AvgIpc) is 2.39. The number of carbonyl (C=O) groups is 1. The Morgan fingerprint density at radius 1 is 1.30 bits per heavy atom. The highest BCUT2D eigenvalue weighted by Gasteiger charge is 2.13. The van der Waals surface area contributed by atoms with Crippen molar-refractivity contribution in [1.29, 1.82) is 0 Å². The first kappa shape index (κ1) is 14.4. The molecule has 0 saturated heterocycles. The van der Waals surface area contributed by atoms with E-state index in [-0.39, 0.29) is 11.7 Å². The molecule has 0 heterocycles. The molecule has 0 saturated carbocycles. The Labute approximate surface area is 125 Å². The molecule has 4 nitrogen and oxygen atoms in total. The van der Waals surface area contributed by atoms with Crippen molar-refractivity contribution in [3.05, 3.63) is 51.5 Å². The summed E-state index contributed by atoms with van der Waals surface area (Å²) in [7, 11) is 0. The Morgan fingerprint density at radius 2 is 2.00 bits per heavy atom. The van der Waals surface area contributed by atoms with Gasteiger partial charge >= 0.3 is 0 Å². The maximum Gasteiger partial charge on any atom is 0.256 e. The maximum atomic E-state index is 12.3. The van der Waals surface area contributed by atoms with E-state index in [4.69, 9.17) is 5.73 Å². The van der Waals surface area contributed by atoms with Crippen molar-refractivity contribution < 1.29 is 9.90 Å². The zero-order chi connectivity index (χ0) is 14.9. The SMILES string of the molecule is Cc1cc(Br)c(NC(=O)c2cccc(O)c2C)cc1N. The van der Waals surface area contributed by atoms with Gasteiger partial charge in [-0.1, -0.05) is 6.07 Å². The van der Waals surface area contributed by atoms with Gasteiger partial charge in [0.25, 0.3) is 5.91 Å². The molecule has 0 aliphatic heterocycles. The summed E-state index contributed by atoms with van der Waals surface area (Å²) >= 11 is 3.40. The van der Waals surface area contributed by atoms with E-state index >= 15 is 0 Å². The zero-order valence-corrected chi connectivity index (χ0v) is 12.8. The molecule has 104 valence electrons. The number of phenols is 1. The maximum absolute atomic E-state index is 12.3. The first-order valence-electron chi connectivity index (χ1n) is 6.05. The van der Waals surface area contributed by atoms with Crippen LogP contribution in [-0.4, -0.2) is 11.0 Å². The molecule has 0 aromatic heterocycles. The van der Waals surface area contributed by atoms with Gasteiger partial charge in [0, 0.05) is 21.3 Å². The standard InChI is InChI=1S/C15H15BrN2O2/c1-8-6-11(16)13(7-12(8)17)18-15(20)10-4-3-5-14(19)9(10)2/h3-7,19H,17H2,1-2H3,(H,18,20). The molecule has 2 aromatic carbocycles. The molecule has 2 rings (SSSR count). The van der Waals surface area contributed by atoms with E-state index in [1.165, 1.54) is 0 Å². The van der Waals surface area contributed by atoms with E-state index in [0.717, 1.165) is 10.0 Å². The number of benzene rings is 2. The van der Waals surface area contributed by atoms with Crippen molar-refractivity contribution in [2.75, 3.05) is 11.1 Å². The first-order chi connectivity index (χ1) is 9.40. The number of anilines is 2. The predicted molar refractivity (Wildman–Crippen MR) is 84.1 cm³/mol. The number of nitrogens with two attached hydrogens (primary N) is 1. The Bertz CT molecular complexity index is 684. The van der Waals surface area contributed by atoms with Gasteiger partial charge in [0.05, 0.1) is 5.69 Å². The highest BCUT2D eigenvalue weighted by Crippen LogP contribution is 2.29. The minimum Gasteiger partial charge on any atom is -0.508 e. The van der Waals surface area contributed by atoms with E-state index in [1.807, 2.05) is 13.0 Å². The van der Waals surface area contributed by atoms with Gasteiger partial charge in [0.1, 0.15) is 5.75 Å². The number of aromatic hydroxyl groups is 1. The summed E-state index contributed by atoms with van der Waals surface area (Å²) in [5, 5.41) is 12.4. The van der Waals surface area contributed by atoms with Crippen LogP contribution in [-0.2, 0) is 0 Å². The van der Waals surface area contributed by atoms with Crippen LogP contribution in [0.5, 0.6) is 5.75 Å². The highest BCUT2D eigenvalue weighted by atomic mass is 79.9. The summed E-state index contributed by atoms with van der Waals surface area (Å²) < 4.78 is 0.760. The summed E-state index contributed by atoms with van der Waals surface area (Å²) in [5.41, 5.74) is 8.95. The van der Waals surface area contributed by atoms with Crippen LogP contribution in [0.25, 0.3) is 0 Å². The largest absolute Gasteiger partial charge is 0.508 e. The average molecular weight is 335 g/mol. The second-order valence-electron chi connectivity index (χ2n) is 4.59. The third-order valence-electron chi connectivity index (χ3n) is 3.15. The number of nitrogens with one attached hydrogen (secondary N) is 1. The third kappa shape index (κ3) is 2.77. The monoisotopic (exact) mass is 334 g/mol. The van der Waals surface area contributed by atoms with Crippen LogP contribution in [0.15, 0.2) is 34.8 Å². The highest BCUT2D eigenvalue weighted by molar-refractivity contribution is 9.10. The lowest BCUT2D eigenvalue weighted by Gasteiger charge is -2.12. The molecule has 0 bridgehead atoms. The molecule has 0 spiro atoms. The number of nitrogen functional groups attached to an aromatic ring is 1. The fourth-order valence-electron chi connectivity index (χ4n) is 1.84. The molecule has 1 amide bonds. The number of halogens is 1. The fraction of sp³-hybridized carbons (Fsp3) is 0.133. The lowest BCUT2D eigenvalue weighted by Crippen LogP contribution is -2.14. The van der Waals surface area contributed by atoms with Gasteiger partial charge in [-0.15, -0.1) is 0 Å². The summed E-state index contributed by atoms with van der Waals surface area (Å²) in [6, 6.07) is 8.40. The Kier molecular flexibility index (Phi) is 3.99. The van der Waals surface area contributed by atoms with Crippen molar-refractivity contribution in [1.82, 2.24) is 0 Å². The predicted octanol–water partition coefficient (Wildman–Crippen LogP) is 3.61. The molecule has 0 aliphatic rings. The van der Waals surface area contributed by atoms with Gasteiger partial charge in [-0.3, -0.25) is 4.79 Å². The molecule has 0 aliphatic carbocycles. The second-order valence-corrected chi connectivity index (χ2v) is 5.45.